The zero-order valence-electron chi connectivity index (χ0n) is 12.0. The molecule has 2 aromatic carbocycles. The number of nitrogens with one attached hydrogen (secondary N) is 1. The van der Waals surface area contributed by atoms with Crippen LogP contribution >= 0.6 is 15.9 Å². The van der Waals surface area contributed by atoms with E-state index in [2.05, 4.69) is 57.5 Å². The van der Waals surface area contributed by atoms with Gasteiger partial charge in [0, 0.05) is 35.5 Å². The maximum Gasteiger partial charge on any atom is 0.120 e. The molecule has 0 radical (unpaired) electrons. The van der Waals surface area contributed by atoms with Crippen LogP contribution in [0.15, 0.2) is 46.9 Å². The van der Waals surface area contributed by atoms with Crippen molar-refractivity contribution in [2.45, 2.75) is 6.54 Å². The summed E-state index contributed by atoms with van der Waals surface area (Å²) in [6, 6.07) is 14.4. The highest BCUT2D eigenvalue weighted by atomic mass is 79.9. The van der Waals surface area contributed by atoms with E-state index in [1.165, 1.54) is 11.3 Å². The number of nitrogens with zero attached hydrogens (tertiary/aromatic N) is 1. The Morgan fingerprint density at radius 1 is 1.20 bits per heavy atom. The van der Waals surface area contributed by atoms with Gasteiger partial charge in [-0.05, 0) is 36.9 Å². The van der Waals surface area contributed by atoms with E-state index in [1.807, 2.05) is 25.2 Å². The molecule has 106 valence electrons. The van der Waals surface area contributed by atoms with Gasteiger partial charge in [-0.15, -0.1) is 0 Å². The molecule has 4 heteroatoms. The van der Waals surface area contributed by atoms with E-state index in [4.69, 9.17) is 4.74 Å². The summed E-state index contributed by atoms with van der Waals surface area (Å²) in [6.45, 7) is 0.830. The number of ether oxygens (including phenoxy) is 1. The lowest BCUT2D eigenvalue weighted by atomic mass is 10.1. The first kappa shape index (κ1) is 14.9. The highest BCUT2D eigenvalue weighted by Crippen LogP contribution is 2.31. The Hall–Kier alpha value is -1.52. The van der Waals surface area contributed by atoms with Crippen LogP contribution in [0.3, 0.4) is 0 Å². The molecular weight excluding hydrogens is 316 g/mol. The number of methoxy groups -OCH3 is 1. The first-order valence-electron chi connectivity index (χ1n) is 6.46. The van der Waals surface area contributed by atoms with Crippen LogP contribution in [0.4, 0.5) is 11.4 Å². The second kappa shape index (κ2) is 6.77. The van der Waals surface area contributed by atoms with E-state index in [0.29, 0.717) is 0 Å². The molecule has 0 heterocycles. The molecule has 0 aromatic heterocycles. The van der Waals surface area contributed by atoms with Gasteiger partial charge in [0.15, 0.2) is 0 Å². The van der Waals surface area contributed by atoms with Gasteiger partial charge >= 0.3 is 0 Å². The predicted octanol–water partition coefficient (Wildman–Crippen LogP) is 3.95. The van der Waals surface area contributed by atoms with Crippen LogP contribution in [0.1, 0.15) is 5.56 Å². The Kier molecular flexibility index (Phi) is 5.04. The van der Waals surface area contributed by atoms with Crippen LogP contribution in [0.2, 0.25) is 0 Å². The Labute approximate surface area is 128 Å². The lowest BCUT2D eigenvalue weighted by molar-refractivity contribution is 0.415. The molecule has 0 aliphatic carbocycles. The summed E-state index contributed by atoms with van der Waals surface area (Å²) in [4.78, 5) is 2.17. The van der Waals surface area contributed by atoms with Gasteiger partial charge in [0.05, 0.1) is 7.11 Å². The molecule has 0 unspecified atom stereocenters. The van der Waals surface area contributed by atoms with Crippen LogP contribution in [0, 0.1) is 0 Å². The summed E-state index contributed by atoms with van der Waals surface area (Å²) in [7, 11) is 5.71. The van der Waals surface area contributed by atoms with Crippen LogP contribution in [-0.2, 0) is 6.54 Å². The molecule has 0 aliphatic rings. The second-order valence-corrected chi connectivity index (χ2v) is 5.48. The third kappa shape index (κ3) is 3.32. The van der Waals surface area contributed by atoms with Crippen LogP contribution in [0.25, 0.3) is 0 Å². The van der Waals surface area contributed by atoms with Crippen LogP contribution in [0.5, 0.6) is 5.75 Å². The van der Waals surface area contributed by atoms with E-state index >= 15 is 0 Å². The summed E-state index contributed by atoms with van der Waals surface area (Å²) >= 11 is 3.54. The fourth-order valence-corrected chi connectivity index (χ4v) is 2.50. The Morgan fingerprint density at radius 2 is 2.00 bits per heavy atom. The van der Waals surface area contributed by atoms with Gasteiger partial charge in [-0.1, -0.05) is 28.1 Å². The predicted molar refractivity (Wildman–Crippen MR) is 88.0 cm³/mol. The Bertz CT molecular complexity index is 586. The smallest absolute Gasteiger partial charge is 0.120 e. The van der Waals surface area contributed by atoms with E-state index in [1.54, 1.807) is 7.11 Å². The SMILES string of the molecule is CNCc1ccc(Br)cc1N(C)c1cccc(OC)c1. The van der Waals surface area contributed by atoms with Gasteiger partial charge in [-0.2, -0.15) is 0 Å². The van der Waals surface area contributed by atoms with E-state index in [9.17, 15) is 0 Å². The van der Waals surface area contributed by atoms with Crippen molar-refractivity contribution in [3.05, 3.63) is 52.5 Å². The molecule has 0 saturated heterocycles. The van der Waals surface area contributed by atoms with Crippen LogP contribution < -0.4 is 15.0 Å². The zero-order valence-corrected chi connectivity index (χ0v) is 13.6. The molecule has 0 fully saturated rings. The number of halogens is 1. The van der Waals surface area contributed by atoms with Gasteiger partial charge in [0.1, 0.15) is 5.75 Å². The number of benzene rings is 2. The van der Waals surface area contributed by atoms with Gasteiger partial charge < -0.3 is 15.0 Å². The van der Waals surface area contributed by atoms with Crippen molar-refractivity contribution in [2.75, 3.05) is 26.1 Å². The minimum atomic E-state index is 0.830. The summed E-state index contributed by atoms with van der Waals surface area (Å²) in [5.74, 6) is 0.861. The molecule has 2 aromatic rings. The maximum atomic E-state index is 5.29. The Balaban J connectivity index is 2.40. The maximum absolute atomic E-state index is 5.29. The molecule has 0 amide bonds. The zero-order chi connectivity index (χ0) is 14.5. The molecule has 0 bridgehead atoms. The fourth-order valence-electron chi connectivity index (χ4n) is 2.15. The number of hydrogen-bond donors (Lipinski definition) is 1. The highest BCUT2D eigenvalue weighted by molar-refractivity contribution is 9.10. The van der Waals surface area contributed by atoms with Gasteiger partial charge in [-0.25, -0.2) is 0 Å². The lowest BCUT2D eigenvalue weighted by Crippen LogP contribution is -2.15. The molecule has 1 N–H and O–H groups in total. The quantitative estimate of drug-likeness (QED) is 0.896. The fraction of sp³-hybridized carbons (Fsp3) is 0.250. The third-order valence-corrected chi connectivity index (χ3v) is 3.71. The number of rotatable bonds is 5. The summed E-state index contributed by atoms with van der Waals surface area (Å²) in [5, 5.41) is 3.21. The summed E-state index contributed by atoms with van der Waals surface area (Å²) in [5.41, 5.74) is 3.52. The van der Waals surface area contributed by atoms with E-state index in [0.717, 1.165) is 22.5 Å². The van der Waals surface area contributed by atoms with Crippen molar-refractivity contribution in [3.8, 4) is 5.75 Å². The third-order valence-electron chi connectivity index (χ3n) is 3.22. The van der Waals surface area contributed by atoms with Gasteiger partial charge in [0.2, 0.25) is 0 Å². The lowest BCUT2D eigenvalue weighted by Gasteiger charge is -2.23. The highest BCUT2D eigenvalue weighted by Gasteiger charge is 2.10. The summed E-state index contributed by atoms with van der Waals surface area (Å²) < 4.78 is 6.37. The van der Waals surface area contributed by atoms with Crippen LogP contribution in [-0.4, -0.2) is 21.2 Å². The summed E-state index contributed by atoms with van der Waals surface area (Å²) in [6.07, 6.45) is 0. The molecular formula is C16H19BrN2O. The van der Waals surface area contributed by atoms with Crippen molar-refractivity contribution in [1.29, 1.82) is 0 Å². The largest absolute Gasteiger partial charge is 0.497 e. The normalized spacial score (nSPS) is 10.4. The van der Waals surface area contributed by atoms with Crippen molar-refractivity contribution in [3.63, 3.8) is 0 Å². The molecule has 0 atom stereocenters. The van der Waals surface area contributed by atoms with Crippen molar-refractivity contribution >= 4 is 27.3 Å². The number of hydrogen-bond acceptors (Lipinski definition) is 3. The molecule has 3 nitrogen and oxygen atoms in total. The molecule has 0 spiro atoms. The van der Waals surface area contributed by atoms with Crippen molar-refractivity contribution < 1.29 is 4.74 Å². The van der Waals surface area contributed by atoms with E-state index in [-0.39, 0.29) is 0 Å². The average Bonchev–Trinajstić information content (AvgIpc) is 2.48. The minimum absolute atomic E-state index is 0.830. The minimum Gasteiger partial charge on any atom is -0.497 e. The van der Waals surface area contributed by atoms with Crippen molar-refractivity contribution in [1.82, 2.24) is 5.32 Å². The van der Waals surface area contributed by atoms with Gasteiger partial charge in [0.25, 0.3) is 0 Å². The van der Waals surface area contributed by atoms with E-state index < -0.39 is 0 Å². The topological polar surface area (TPSA) is 24.5 Å². The monoisotopic (exact) mass is 334 g/mol. The first-order valence-corrected chi connectivity index (χ1v) is 7.26. The molecule has 2 rings (SSSR count). The van der Waals surface area contributed by atoms with Gasteiger partial charge in [-0.3, -0.25) is 0 Å². The Morgan fingerprint density at radius 3 is 2.70 bits per heavy atom. The number of anilines is 2. The molecule has 20 heavy (non-hydrogen) atoms. The molecule has 0 aliphatic heterocycles. The standard InChI is InChI=1S/C16H19BrN2O/c1-18-11-12-7-8-13(17)9-16(12)19(2)14-5-4-6-15(10-14)20-3/h4-10,18H,11H2,1-3H3. The first-order chi connectivity index (χ1) is 9.65. The molecule has 0 saturated carbocycles. The average molecular weight is 335 g/mol. The second-order valence-electron chi connectivity index (χ2n) is 4.56. The van der Waals surface area contributed by atoms with Crippen molar-refractivity contribution in [2.24, 2.45) is 0 Å².